The molecule has 0 aromatic carbocycles. The Balaban J connectivity index is 0.00000641. The minimum absolute atomic E-state index is 0. The largest absolute Gasteiger partial charge is 0.456 e. The van der Waals surface area contributed by atoms with Gasteiger partial charge >= 0.3 is 5.97 Å². The first-order valence-electron chi connectivity index (χ1n) is 21.9. The Morgan fingerprint density at radius 2 is 1.62 bits per heavy atom. The third-order valence-corrected chi connectivity index (χ3v) is 13.3. The number of carbonyl (C=O) groups excluding carboxylic acids is 3. The van der Waals surface area contributed by atoms with Crippen molar-refractivity contribution >= 4 is 23.4 Å². The number of hydrogen-bond donors (Lipinski definition) is 4. The van der Waals surface area contributed by atoms with Crippen molar-refractivity contribution in [2.45, 2.75) is 174 Å². The molecule has 14 atom stereocenters. The quantitative estimate of drug-likeness (QED) is 0.140. The number of methoxy groups -OCH3 is 3. The van der Waals surface area contributed by atoms with Crippen LogP contribution in [-0.4, -0.2) is 145 Å². The second-order valence-electron chi connectivity index (χ2n) is 17.8. The number of Topliss-reactive ketones (excluding diaryl/α,β-unsaturated/α-hetero) is 1. The van der Waals surface area contributed by atoms with Crippen LogP contribution in [0.4, 0.5) is 0 Å². The number of esters is 1. The standard InChI is InChI=1S/C45H74N2O12.CH4.H2O/c1-10-32-20-26(2)19-27(3)21-38(55-8)41-39(56-9)23-29(5)45(53,59-41)42(50)43(51)47-16-12-11-13-34(47)44(52)58-40(30(6)35(49)25-33(32)46)28(4)22-31-14-15-36(57-18-17-48)37(24-31)54-7;;/h20,22,27,29-32,34-41,46,48-49,53H,10-19,21,23-25H2,1-9H3;1H4;1H2/b26-20+,28-22+,46-33?;;/t27-,29+,30+,31-,32+,34-,35-,36+,37+,38-,39-,40+,41+,45+;;/m0../s1. The van der Waals surface area contributed by atoms with Gasteiger partial charge in [0.15, 0.2) is 0 Å². The van der Waals surface area contributed by atoms with Gasteiger partial charge in [0.05, 0.1) is 43.7 Å². The van der Waals surface area contributed by atoms with E-state index in [0.717, 1.165) is 17.6 Å². The van der Waals surface area contributed by atoms with Gasteiger partial charge in [-0.25, -0.2) is 4.79 Å². The van der Waals surface area contributed by atoms with E-state index < -0.39 is 71.8 Å². The number of cyclic esters (lactones) is 1. The van der Waals surface area contributed by atoms with Crippen LogP contribution in [0.15, 0.2) is 23.3 Å². The van der Waals surface area contributed by atoms with Crippen LogP contribution in [0, 0.1) is 35.0 Å². The van der Waals surface area contributed by atoms with E-state index in [4.69, 9.17) is 33.8 Å². The van der Waals surface area contributed by atoms with Gasteiger partial charge in [0, 0.05) is 57.8 Å². The Morgan fingerprint density at radius 1 is 0.967 bits per heavy atom. The van der Waals surface area contributed by atoms with Crippen LogP contribution in [0.1, 0.15) is 120 Å². The number of piperidine rings is 1. The number of carbonyl (C=O) groups is 3. The Kier molecular flexibility index (Phi) is 22.4. The maximum absolute atomic E-state index is 14.4. The summed E-state index contributed by atoms with van der Waals surface area (Å²) in [4.78, 5) is 44.2. The Hall–Kier alpha value is -2.60. The predicted octanol–water partition coefficient (Wildman–Crippen LogP) is 4.75. The van der Waals surface area contributed by atoms with Crippen molar-refractivity contribution in [3.8, 4) is 0 Å². The minimum atomic E-state index is -2.49. The lowest BCUT2D eigenvalue weighted by atomic mass is 9.81. The summed E-state index contributed by atoms with van der Waals surface area (Å²) < 4.78 is 36.0. The fraction of sp³-hybridized carbons (Fsp3) is 0.826. The van der Waals surface area contributed by atoms with Gasteiger partial charge in [-0.05, 0) is 95.5 Å². The van der Waals surface area contributed by atoms with E-state index in [1.54, 1.807) is 28.3 Å². The van der Waals surface area contributed by atoms with Gasteiger partial charge in [-0.2, -0.15) is 0 Å². The molecule has 0 aromatic rings. The van der Waals surface area contributed by atoms with Crippen molar-refractivity contribution < 1.29 is 63.6 Å². The topological polar surface area (TPSA) is 226 Å². The van der Waals surface area contributed by atoms with Crippen molar-refractivity contribution in [1.29, 1.82) is 5.41 Å². The molecule has 0 radical (unpaired) electrons. The molecule has 0 spiro atoms. The van der Waals surface area contributed by atoms with Crippen LogP contribution in [0.2, 0.25) is 0 Å². The molecule has 3 heterocycles. The molecule has 2 bridgehead atoms. The third kappa shape index (κ3) is 13.5. The zero-order chi connectivity index (χ0) is 43.6. The van der Waals surface area contributed by atoms with Crippen molar-refractivity contribution in [2.24, 2.45) is 29.6 Å². The van der Waals surface area contributed by atoms with E-state index in [-0.39, 0.29) is 81.9 Å². The van der Waals surface area contributed by atoms with Gasteiger partial charge in [-0.1, -0.05) is 52.8 Å². The Morgan fingerprint density at radius 3 is 2.25 bits per heavy atom. The summed E-state index contributed by atoms with van der Waals surface area (Å²) in [6, 6.07) is -1.11. The number of aliphatic hydroxyl groups excluding tert-OH is 2. The van der Waals surface area contributed by atoms with E-state index in [1.807, 2.05) is 27.7 Å². The first-order chi connectivity index (χ1) is 28.0. The van der Waals surface area contributed by atoms with Gasteiger partial charge in [0.1, 0.15) is 18.2 Å². The molecule has 1 aliphatic carbocycles. The highest BCUT2D eigenvalue weighted by Crippen LogP contribution is 2.39. The summed E-state index contributed by atoms with van der Waals surface area (Å²) in [6.45, 7) is 11.7. The van der Waals surface area contributed by atoms with Gasteiger partial charge in [-0.3, -0.25) is 9.59 Å². The van der Waals surface area contributed by atoms with Crippen molar-refractivity contribution in [3.63, 3.8) is 0 Å². The fourth-order valence-corrected chi connectivity index (χ4v) is 9.81. The second kappa shape index (κ2) is 25.0. The lowest BCUT2D eigenvalue weighted by Crippen LogP contribution is -2.64. The van der Waals surface area contributed by atoms with Gasteiger partial charge in [-0.15, -0.1) is 0 Å². The SMILES string of the molecule is C.CC[C@@H]1/C=C(\C)C[C@H](C)C[C@H](OC)[C@H]2O[C@@](O)(C(=O)C(=O)N3CCCC[C@H]3C(=O)O[C@H](/C(C)=C/[C@@H]3CC[C@@H](OCCO)[C@H](OC)C3)[C@H](C)[C@@H](O)CC1=N)[C@H](C)C[C@@H]2OC.O. The zero-order valence-corrected chi connectivity index (χ0v) is 37.5. The number of rotatable bonds is 9. The molecule has 352 valence electrons. The van der Waals surface area contributed by atoms with Crippen LogP contribution in [0.25, 0.3) is 0 Å². The predicted molar refractivity (Wildman–Crippen MR) is 232 cm³/mol. The van der Waals surface area contributed by atoms with Crippen molar-refractivity contribution in [2.75, 3.05) is 41.1 Å². The average Bonchev–Trinajstić information content (AvgIpc) is 3.22. The number of ether oxygens (including phenoxy) is 6. The number of fused-ring (bicyclic) bond motifs is 3. The van der Waals surface area contributed by atoms with Crippen molar-refractivity contribution in [3.05, 3.63) is 23.3 Å². The van der Waals surface area contributed by atoms with Crippen LogP contribution in [-0.2, 0) is 42.8 Å². The summed E-state index contributed by atoms with van der Waals surface area (Å²) in [5, 5.41) is 42.3. The summed E-state index contributed by atoms with van der Waals surface area (Å²) in [7, 11) is 4.73. The normalized spacial score (nSPS) is 38.8. The highest BCUT2D eigenvalue weighted by atomic mass is 16.7. The smallest absolute Gasteiger partial charge is 0.329 e. The summed E-state index contributed by atoms with van der Waals surface area (Å²) in [5.74, 6) is -6.92. The molecule has 6 N–H and O–H groups in total. The number of ketones is 1. The first-order valence-corrected chi connectivity index (χ1v) is 21.9. The Labute approximate surface area is 364 Å². The molecule has 3 aliphatic heterocycles. The van der Waals surface area contributed by atoms with Crippen LogP contribution < -0.4 is 0 Å². The molecule has 3 fully saturated rings. The lowest BCUT2D eigenvalue weighted by Gasteiger charge is -2.47. The van der Waals surface area contributed by atoms with Crippen molar-refractivity contribution in [1.82, 2.24) is 4.90 Å². The number of allylic oxidation sites excluding steroid dienone is 3. The van der Waals surface area contributed by atoms with Gasteiger partial charge in [0.2, 0.25) is 5.79 Å². The molecular weight excluding hydrogens is 789 g/mol. The number of amides is 1. The molecule has 0 aromatic heterocycles. The summed E-state index contributed by atoms with van der Waals surface area (Å²) >= 11 is 0. The van der Waals surface area contributed by atoms with Crippen LogP contribution in [0.3, 0.4) is 0 Å². The third-order valence-electron chi connectivity index (χ3n) is 13.3. The first kappa shape index (κ1) is 54.5. The number of nitrogens with zero attached hydrogens (tertiary/aromatic N) is 1. The van der Waals surface area contributed by atoms with E-state index in [1.165, 1.54) is 4.90 Å². The molecule has 4 aliphatic rings. The molecular formula is C46H80N2O13. The lowest BCUT2D eigenvalue weighted by molar-refractivity contribution is -0.302. The molecule has 61 heavy (non-hydrogen) atoms. The average molecular weight is 869 g/mol. The zero-order valence-electron chi connectivity index (χ0n) is 37.5. The molecule has 15 nitrogen and oxygen atoms in total. The minimum Gasteiger partial charge on any atom is -0.456 e. The van der Waals surface area contributed by atoms with Crippen LogP contribution in [0.5, 0.6) is 0 Å². The number of aliphatic hydroxyl groups is 3. The van der Waals surface area contributed by atoms with Crippen LogP contribution >= 0.6 is 0 Å². The maximum atomic E-state index is 14.4. The summed E-state index contributed by atoms with van der Waals surface area (Å²) in [6.07, 6.45) is 5.53. The fourth-order valence-electron chi connectivity index (χ4n) is 9.81. The van der Waals surface area contributed by atoms with Gasteiger partial charge in [0.25, 0.3) is 11.7 Å². The van der Waals surface area contributed by atoms with E-state index in [9.17, 15) is 29.7 Å². The highest BCUT2D eigenvalue weighted by molar-refractivity contribution is 6.39. The molecule has 0 unspecified atom stereocenters. The Bertz CT molecular complexity index is 1490. The maximum Gasteiger partial charge on any atom is 0.329 e. The monoisotopic (exact) mass is 869 g/mol. The van der Waals surface area contributed by atoms with E-state index in [2.05, 4.69) is 19.1 Å². The molecule has 15 heteroatoms. The van der Waals surface area contributed by atoms with Gasteiger partial charge < -0.3 is 59.5 Å². The summed E-state index contributed by atoms with van der Waals surface area (Å²) in [5.41, 5.74) is 2.17. The second-order valence-corrected chi connectivity index (χ2v) is 17.8. The van der Waals surface area contributed by atoms with E-state index in [0.29, 0.717) is 50.7 Å². The molecule has 2 saturated heterocycles. The van der Waals surface area contributed by atoms with E-state index >= 15 is 0 Å². The molecule has 4 rings (SSSR count). The molecule has 1 saturated carbocycles. The number of hydrogen-bond acceptors (Lipinski definition) is 13. The number of nitrogens with one attached hydrogen (secondary N) is 1. The molecule has 1 amide bonds. The highest BCUT2D eigenvalue weighted by Gasteiger charge is 2.56.